The Balaban J connectivity index is 2.52. The third-order valence-corrected chi connectivity index (χ3v) is 5.81. The fourth-order valence-electron chi connectivity index (χ4n) is 3.88. The topological polar surface area (TPSA) is 37.3 Å². The highest BCUT2D eigenvalue weighted by Crippen LogP contribution is 2.72. The monoisotopic (exact) mass is 196 g/mol. The van der Waals surface area contributed by atoms with Gasteiger partial charge in [0.15, 0.2) is 0 Å². The fourth-order valence-corrected chi connectivity index (χ4v) is 3.88. The molecule has 2 fully saturated rings. The lowest BCUT2D eigenvalue weighted by molar-refractivity contribution is -0.163. The number of aliphatic carboxylic acids is 1. The normalized spacial score (nSPS) is 49.6. The second-order valence-electron chi connectivity index (χ2n) is 6.13. The summed E-state index contributed by atoms with van der Waals surface area (Å²) in [5.74, 6) is -0.212. The number of carboxylic acids is 1. The van der Waals surface area contributed by atoms with E-state index in [9.17, 15) is 9.90 Å². The van der Waals surface area contributed by atoms with Crippen molar-refractivity contribution < 1.29 is 9.90 Å². The zero-order valence-electron chi connectivity index (χ0n) is 9.55. The molecule has 3 unspecified atom stereocenters. The van der Waals surface area contributed by atoms with E-state index in [1.807, 2.05) is 6.92 Å². The molecule has 14 heavy (non-hydrogen) atoms. The van der Waals surface area contributed by atoms with Gasteiger partial charge in [0, 0.05) is 0 Å². The highest BCUT2D eigenvalue weighted by molar-refractivity contribution is 5.77. The molecule has 0 radical (unpaired) electrons. The van der Waals surface area contributed by atoms with Gasteiger partial charge in [0.05, 0.1) is 5.41 Å². The number of fused-ring (bicyclic) bond motifs is 2. The Bertz CT molecular complexity index is 295. The largest absolute Gasteiger partial charge is 0.481 e. The van der Waals surface area contributed by atoms with Gasteiger partial charge in [0.2, 0.25) is 0 Å². The Morgan fingerprint density at radius 2 is 1.86 bits per heavy atom. The molecule has 3 atom stereocenters. The van der Waals surface area contributed by atoms with Crippen molar-refractivity contribution in [3.8, 4) is 0 Å². The maximum atomic E-state index is 11.5. The third-order valence-electron chi connectivity index (χ3n) is 5.81. The van der Waals surface area contributed by atoms with Crippen LogP contribution in [0, 0.1) is 22.2 Å². The minimum atomic E-state index is -0.601. The van der Waals surface area contributed by atoms with Gasteiger partial charge in [-0.25, -0.2) is 0 Å². The molecule has 1 N–H and O–H groups in total. The van der Waals surface area contributed by atoms with Crippen molar-refractivity contribution in [3.05, 3.63) is 0 Å². The smallest absolute Gasteiger partial charge is 0.310 e. The van der Waals surface area contributed by atoms with Crippen LogP contribution in [0.25, 0.3) is 0 Å². The molecular formula is C12H20O2. The molecule has 0 aromatic rings. The van der Waals surface area contributed by atoms with Crippen LogP contribution in [0.15, 0.2) is 0 Å². The molecule has 2 nitrogen and oxygen atoms in total. The van der Waals surface area contributed by atoms with Gasteiger partial charge in [0.1, 0.15) is 0 Å². The van der Waals surface area contributed by atoms with Crippen molar-refractivity contribution >= 4 is 5.97 Å². The summed E-state index contributed by atoms with van der Waals surface area (Å²) in [7, 11) is 0. The summed E-state index contributed by atoms with van der Waals surface area (Å²) in [4.78, 5) is 11.5. The molecule has 0 aliphatic heterocycles. The van der Waals surface area contributed by atoms with Crippen molar-refractivity contribution in [3.63, 3.8) is 0 Å². The summed E-state index contributed by atoms with van der Waals surface area (Å²) in [5.41, 5.74) is -0.348. The van der Waals surface area contributed by atoms with Crippen molar-refractivity contribution in [2.24, 2.45) is 22.2 Å². The summed E-state index contributed by atoms with van der Waals surface area (Å²) in [6.45, 7) is 8.49. The molecule has 0 aromatic heterocycles. The molecule has 0 heterocycles. The van der Waals surface area contributed by atoms with E-state index in [0.29, 0.717) is 5.92 Å². The Kier molecular flexibility index (Phi) is 1.67. The minimum Gasteiger partial charge on any atom is -0.481 e. The predicted molar refractivity (Wildman–Crippen MR) is 55.0 cm³/mol. The lowest BCUT2D eigenvalue weighted by Gasteiger charge is -2.49. The van der Waals surface area contributed by atoms with Crippen LogP contribution in [0.4, 0.5) is 0 Å². The molecule has 2 aliphatic carbocycles. The van der Waals surface area contributed by atoms with Gasteiger partial charge < -0.3 is 5.11 Å². The maximum Gasteiger partial charge on any atom is 0.310 e. The van der Waals surface area contributed by atoms with E-state index in [1.165, 1.54) is 6.42 Å². The number of rotatable bonds is 1. The van der Waals surface area contributed by atoms with Gasteiger partial charge in [-0.05, 0) is 42.9 Å². The molecule has 2 aliphatic rings. The highest BCUT2D eigenvalue weighted by atomic mass is 16.4. The first kappa shape index (κ1) is 10.0. The highest BCUT2D eigenvalue weighted by Gasteiger charge is 2.69. The molecular weight excluding hydrogens is 176 g/mol. The SMILES string of the molecule is CC12CCC(C1)C(C)(C(=O)O)C2(C)C. The number of carboxylic acid groups (broad SMARTS) is 1. The molecule has 2 rings (SSSR count). The first-order chi connectivity index (χ1) is 6.26. The molecule has 2 saturated carbocycles. The van der Waals surface area contributed by atoms with E-state index < -0.39 is 11.4 Å². The Morgan fingerprint density at radius 3 is 2.14 bits per heavy atom. The second kappa shape index (κ2) is 2.34. The van der Waals surface area contributed by atoms with E-state index in [-0.39, 0.29) is 10.8 Å². The summed E-state index contributed by atoms with van der Waals surface area (Å²) >= 11 is 0. The summed E-state index contributed by atoms with van der Waals surface area (Å²) in [5, 5.41) is 9.44. The molecule has 80 valence electrons. The Hall–Kier alpha value is -0.530. The zero-order valence-corrected chi connectivity index (χ0v) is 9.55. The van der Waals surface area contributed by atoms with Gasteiger partial charge in [-0.1, -0.05) is 20.8 Å². The number of hydrogen-bond acceptors (Lipinski definition) is 1. The Labute approximate surface area is 85.7 Å². The van der Waals surface area contributed by atoms with Crippen LogP contribution >= 0.6 is 0 Å². The quantitative estimate of drug-likeness (QED) is 0.700. The average molecular weight is 196 g/mol. The molecule has 0 aromatic carbocycles. The molecule has 0 spiro atoms. The van der Waals surface area contributed by atoms with E-state index in [1.54, 1.807) is 0 Å². The molecule has 0 saturated heterocycles. The van der Waals surface area contributed by atoms with Crippen LogP contribution in [0.5, 0.6) is 0 Å². The van der Waals surface area contributed by atoms with Gasteiger partial charge in [-0.15, -0.1) is 0 Å². The van der Waals surface area contributed by atoms with E-state index >= 15 is 0 Å². The summed E-state index contributed by atoms with van der Waals surface area (Å²) in [6.07, 6.45) is 3.40. The zero-order chi connectivity index (χ0) is 10.8. The molecule has 2 heteroatoms. The average Bonchev–Trinajstić information content (AvgIpc) is 2.51. The van der Waals surface area contributed by atoms with Gasteiger partial charge in [-0.2, -0.15) is 0 Å². The van der Waals surface area contributed by atoms with Crippen LogP contribution in [-0.2, 0) is 4.79 Å². The first-order valence-corrected chi connectivity index (χ1v) is 5.49. The van der Waals surface area contributed by atoms with Crippen molar-refractivity contribution in [1.82, 2.24) is 0 Å². The lowest BCUT2D eigenvalue weighted by Crippen LogP contribution is -2.49. The van der Waals surface area contributed by atoms with E-state index in [4.69, 9.17) is 0 Å². The van der Waals surface area contributed by atoms with Crippen molar-refractivity contribution in [2.45, 2.75) is 47.0 Å². The van der Waals surface area contributed by atoms with Crippen molar-refractivity contribution in [1.29, 1.82) is 0 Å². The van der Waals surface area contributed by atoms with E-state index in [0.717, 1.165) is 12.8 Å². The standard InChI is InChI=1S/C12H20O2/c1-10(2)11(3)6-5-8(7-11)12(10,4)9(13)14/h8H,5-7H2,1-4H3,(H,13,14). The first-order valence-electron chi connectivity index (χ1n) is 5.49. The fraction of sp³-hybridized carbons (Fsp3) is 0.917. The predicted octanol–water partition coefficient (Wildman–Crippen LogP) is 2.92. The van der Waals surface area contributed by atoms with E-state index in [2.05, 4.69) is 20.8 Å². The lowest BCUT2D eigenvalue weighted by atomic mass is 9.54. The third kappa shape index (κ3) is 0.768. The Morgan fingerprint density at radius 1 is 1.29 bits per heavy atom. The van der Waals surface area contributed by atoms with Gasteiger partial charge in [0.25, 0.3) is 0 Å². The van der Waals surface area contributed by atoms with Crippen LogP contribution in [-0.4, -0.2) is 11.1 Å². The van der Waals surface area contributed by atoms with Crippen LogP contribution in [0.3, 0.4) is 0 Å². The molecule has 0 amide bonds. The minimum absolute atomic E-state index is 0.0747. The second-order valence-corrected chi connectivity index (χ2v) is 6.13. The molecule has 2 bridgehead atoms. The number of hydrogen-bond donors (Lipinski definition) is 1. The van der Waals surface area contributed by atoms with Crippen LogP contribution < -0.4 is 0 Å². The van der Waals surface area contributed by atoms with Crippen LogP contribution in [0.2, 0.25) is 0 Å². The number of carbonyl (C=O) groups is 1. The maximum absolute atomic E-state index is 11.5. The van der Waals surface area contributed by atoms with Gasteiger partial charge in [-0.3, -0.25) is 4.79 Å². The summed E-state index contributed by atoms with van der Waals surface area (Å²) < 4.78 is 0. The van der Waals surface area contributed by atoms with Crippen molar-refractivity contribution in [2.75, 3.05) is 0 Å². The van der Waals surface area contributed by atoms with Gasteiger partial charge >= 0.3 is 5.97 Å². The van der Waals surface area contributed by atoms with Crippen LogP contribution in [0.1, 0.15) is 47.0 Å². The summed E-state index contributed by atoms with van der Waals surface area (Å²) in [6, 6.07) is 0.